The predicted octanol–water partition coefficient (Wildman–Crippen LogP) is 9.61. The molecule has 43 heavy (non-hydrogen) atoms. The van der Waals surface area contributed by atoms with E-state index in [0.717, 1.165) is 11.5 Å². The lowest BCUT2D eigenvalue weighted by molar-refractivity contribution is -0.119. The highest BCUT2D eigenvalue weighted by Crippen LogP contribution is 2.68. The summed E-state index contributed by atoms with van der Waals surface area (Å²) in [6.07, 6.45) is 1.06. The lowest BCUT2D eigenvalue weighted by Crippen LogP contribution is -2.26. The van der Waals surface area contributed by atoms with E-state index in [0.29, 0.717) is 18.6 Å². The number of Topliss-reactive ketones (excluding diaryl/α,β-unsaturated/α-hetero) is 1. The first kappa shape index (κ1) is 28.9. The summed E-state index contributed by atoms with van der Waals surface area (Å²) in [4.78, 5) is 13.6. The van der Waals surface area contributed by atoms with Crippen molar-refractivity contribution in [2.75, 3.05) is 14.2 Å². The van der Waals surface area contributed by atoms with E-state index in [1.54, 1.807) is 14.2 Å². The number of rotatable bonds is 7. The van der Waals surface area contributed by atoms with Crippen LogP contribution in [0.1, 0.15) is 46.4 Å². The van der Waals surface area contributed by atoms with E-state index >= 15 is 0 Å². The molecular weight excluding hydrogens is 547 g/mol. The van der Waals surface area contributed by atoms with E-state index in [2.05, 4.69) is 105 Å². The van der Waals surface area contributed by atoms with Crippen LogP contribution in [0.3, 0.4) is 0 Å². The van der Waals surface area contributed by atoms with Gasteiger partial charge in [0, 0.05) is 24.2 Å². The van der Waals surface area contributed by atoms with Crippen LogP contribution >= 0.6 is 7.92 Å². The van der Waals surface area contributed by atoms with Crippen LogP contribution in [0.2, 0.25) is 0 Å². The first-order chi connectivity index (χ1) is 21.0. The van der Waals surface area contributed by atoms with Crippen LogP contribution < -0.4 is 14.8 Å². The van der Waals surface area contributed by atoms with Crippen molar-refractivity contribution in [1.29, 1.82) is 0 Å². The number of hydrogen-bond donors (Lipinski definition) is 0. The average molecular weight is 585 g/mol. The van der Waals surface area contributed by atoms with Crippen LogP contribution in [0.4, 0.5) is 0 Å². The van der Waals surface area contributed by atoms with Gasteiger partial charge in [-0.2, -0.15) is 0 Å². The van der Waals surface area contributed by atoms with Crippen molar-refractivity contribution in [1.82, 2.24) is 0 Å². The van der Waals surface area contributed by atoms with E-state index in [1.165, 1.54) is 49.8 Å². The molecule has 5 aromatic carbocycles. The van der Waals surface area contributed by atoms with Gasteiger partial charge in [-0.25, -0.2) is 0 Å². The van der Waals surface area contributed by atoms with Gasteiger partial charge in [0.25, 0.3) is 0 Å². The number of benzene rings is 5. The maximum absolute atomic E-state index is 13.6. The normalized spacial score (nSPS) is 18.3. The molecule has 2 unspecified atom stereocenters. The molecule has 5 aromatic rings. The summed E-state index contributed by atoms with van der Waals surface area (Å²) in [5.74, 6) is 1.96. The van der Waals surface area contributed by atoms with Gasteiger partial charge in [0.15, 0.2) is 0 Å². The molecule has 4 heteroatoms. The zero-order chi connectivity index (χ0) is 29.9. The maximum Gasteiger partial charge on any atom is 0.134 e. The third-order valence-electron chi connectivity index (χ3n) is 8.68. The zero-order valence-electron chi connectivity index (χ0n) is 25.2. The van der Waals surface area contributed by atoms with Crippen molar-refractivity contribution in [2.45, 2.75) is 38.0 Å². The number of carbonyl (C=O) groups excluding carboxylic acids is 1. The topological polar surface area (TPSA) is 35.5 Å². The van der Waals surface area contributed by atoms with Crippen LogP contribution in [0.15, 0.2) is 115 Å². The minimum absolute atomic E-state index is 0.0576. The third-order valence-corrected chi connectivity index (χ3v) is 12.0. The molecule has 2 atom stereocenters. The first-order valence-corrected chi connectivity index (χ1v) is 16.3. The van der Waals surface area contributed by atoms with Crippen molar-refractivity contribution < 1.29 is 14.3 Å². The highest BCUT2D eigenvalue weighted by atomic mass is 31.1. The molecule has 1 aliphatic heterocycles. The largest absolute Gasteiger partial charge is 0.497 e. The minimum atomic E-state index is -0.917. The summed E-state index contributed by atoms with van der Waals surface area (Å²) in [6, 6.07) is 40.9. The SMILES string of the molecule is COc1ccc(C2CC(=O)CC(c3ccc(OC)cc3)P2c2c(-c3ccccc3C)cccc2-c2ccccc2C)cc1. The Kier molecular flexibility index (Phi) is 8.45. The molecule has 216 valence electrons. The van der Waals surface area contributed by atoms with E-state index in [1.807, 2.05) is 24.3 Å². The smallest absolute Gasteiger partial charge is 0.134 e. The molecule has 1 fully saturated rings. The zero-order valence-corrected chi connectivity index (χ0v) is 26.1. The van der Waals surface area contributed by atoms with Gasteiger partial charge in [0.1, 0.15) is 17.3 Å². The Morgan fingerprint density at radius 1 is 0.535 bits per heavy atom. The summed E-state index contributed by atoms with van der Waals surface area (Å²) in [6.45, 7) is 4.39. The number of carbonyl (C=O) groups is 1. The molecule has 1 heterocycles. The molecule has 0 N–H and O–H groups in total. The lowest BCUT2D eigenvalue weighted by Gasteiger charge is -2.41. The van der Waals surface area contributed by atoms with Gasteiger partial charge >= 0.3 is 0 Å². The second kappa shape index (κ2) is 12.6. The van der Waals surface area contributed by atoms with Crippen LogP contribution in [0.25, 0.3) is 22.3 Å². The first-order valence-electron chi connectivity index (χ1n) is 14.8. The second-order valence-electron chi connectivity index (χ2n) is 11.3. The van der Waals surface area contributed by atoms with Crippen LogP contribution in [0.5, 0.6) is 11.5 Å². The predicted molar refractivity (Wildman–Crippen MR) is 179 cm³/mol. The molecule has 6 rings (SSSR count). The Hall–Kier alpha value is -4.20. The van der Waals surface area contributed by atoms with Crippen molar-refractivity contribution in [3.63, 3.8) is 0 Å². The van der Waals surface area contributed by atoms with Gasteiger partial charge in [0.05, 0.1) is 14.2 Å². The van der Waals surface area contributed by atoms with E-state index in [4.69, 9.17) is 9.47 Å². The van der Waals surface area contributed by atoms with Gasteiger partial charge < -0.3 is 9.47 Å². The van der Waals surface area contributed by atoms with Crippen molar-refractivity contribution in [3.8, 4) is 33.8 Å². The highest BCUT2D eigenvalue weighted by molar-refractivity contribution is 7.67. The quantitative estimate of drug-likeness (QED) is 0.179. The fraction of sp³-hybridized carbons (Fsp3) is 0.205. The van der Waals surface area contributed by atoms with Crippen molar-refractivity contribution in [2.24, 2.45) is 0 Å². The molecule has 0 aliphatic carbocycles. The number of hydrogen-bond acceptors (Lipinski definition) is 3. The number of methoxy groups -OCH3 is 2. The summed E-state index contributed by atoms with van der Waals surface area (Å²) in [7, 11) is 2.47. The number of aryl methyl sites for hydroxylation is 2. The molecule has 0 radical (unpaired) electrons. The maximum atomic E-state index is 13.6. The molecular formula is C39H37O3P. The average Bonchev–Trinajstić information content (AvgIpc) is 3.05. The number of ketones is 1. The van der Waals surface area contributed by atoms with Crippen molar-refractivity contribution >= 4 is 19.0 Å². The van der Waals surface area contributed by atoms with Crippen LogP contribution in [-0.2, 0) is 4.79 Å². The van der Waals surface area contributed by atoms with E-state index in [-0.39, 0.29) is 11.3 Å². The Bertz CT molecular complexity index is 1620. The molecule has 3 nitrogen and oxygen atoms in total. The fourth-order valence-corrected chi connectivity index (χ4v) is 10.2. The second-order valence-corrected chi connectivity index (χ2v) is 13.8. The summed E-state index contributed by atoms with van der Waals surface area (Å²) in [5.41, 5.74) is 10.00. The van der Waals surface area contributed by atoms with E-state index < -0.39 is 7.92 Å². The summed E-state index contributed by atoms with van der Waals surface area (Å²) < 4.78 is 11.0. The molecule has 1 saturated heterocycles. The number of ether oxygens (including phenoxy) is 2. The van der Waals surface area contributed by atoms with E-state index in [9.17, 15) is 4.79 Å². The summed E-state index contributed by atoms with van der Waals surface area (Å²) >= 11 is 0. The standard InChI is InChI=1S/C39H37O3P/c1-26-10-5-7-12-33(26)35-14-9-15-36(34-13-8-6-11-27(34)2)39(35)43-37(28-16-20-31(41-3)21-17-28)24-30(40)25-38(43)29-18-22-32(42-4)23-19-29/h5-23,37-38H,24-25H2,1-4H3. The molecule has 0 aromatic heterocycles. The van der Waals surface area contributed by atoms with Crippen LogP contribution in [-0.4, -0.2) is 20.0 Å². The Labute approximate surface area is 256 Å². The Morgan fingerprint density at radius 3 is 1.33 bits per heavy atom. The molecule has 1 aliphatic rings. The third kappa shape index (κ3) is 5.75. The van der Waals surface area contributed by atoms with Gasteiger partial charge in [0.2, 0.25) is 0 Å². The lowest BCUT2D eigenvalue weighted by atomic mass is 9.94. The van der Waals surface area contributed by atoms with Gasteiger partial charge in [-0.15, -0.1) is 0 Å². The van der Waals surface area contributed by atoms with Crippen LogP contribution in [0, 0.1) is 13.8 Å². The molecule has 0 spiro atoms. The minimum Gasteiger partial charge on any atom is -0.497 e. The highest BCUT2D eigenvalue weighted by Gasteiger charge is 2.41. The fourth-order valence-electron chi connectivity index (χ4n) is 6.46. The van der Waals surface area contributed by atoms with Crippen molar-refractivity contribution in [3.05, 3.63) is 138 Å². The monoisotopic (exact) mass is 584 g/mol. The van der Waals surface area contributed by atoms with Gasteiger partial charge in [-0.1, -0.05) is 98.9 Å². The molecule has 0 amide bonds. The summed E-state index contributed by atoms with van der Waals surface area (Å²) in [5, 5.41) is 1.37. The Morgan fingerprint density at radius 2 is 0.930 bits per heavy atom. The van der Waals surface area contributed by atoms with Gasteiger partial charge in [-0.3, -0.25) is 4.79 Å². The molecule has 0 bridgehead atoms. The van der Waals surface area contributed by atoms with Gasteiger partial charge in [-0.05, 0) is 87.9 Å². The Balaban J connectivity index is 1.67. The molecule has 0 saturated carbocycles.